The van der Waals surface area contributed by atoms with Gasteiger partial charge in [-0.25, -0.2) is 4.79 Å². The second-order valence-electron chi connectivity index (χ2n) is 8.88. The molecule has 0 atom stereocenters. The molecule has 1 aliphatic heterocycles. The van der Waals surface area contributed by atoms with Crippen molar-refractivity contribution >= 4 is 23.5 Å². The van der Waals surface area contributed by atoms with Gasteiger partial charge in [-0.05, 0) is 56.6 Å². The van der Waals surface area contributed by atoms with Gasteiger partial charge in [-0.1, -0.05) is 23.7 Å². The van der Waals surface area contributed by atoms with Crippen molar-refractivity contribution in [2.75, 3.05) is 6.54 Å². The predicted molar refractivity (Wildman–Crippen MR) is 114 cm³/mol. The maximum absolute atomic E-state index is 13.7. The van der Waals surface area contributed by atoms with E-state index in [4.69, 9.17) is 22.4 Å². The molecular weight excluding hydrogens is 402 g/mol. The fourth-order valence-corrected chi connectivity index (χ4v) is 5.51. The molecule has 1 aromatic heterocycles. The third kappa shape index (κ3) is 3.35. The van der Waals surface area contributed by atoms with Crippen molar-refractivity contribution in [3.05, 3.63) is 40.5 Å². The number of hydrogen-bond donors (Lipinski definition) is 2. The number of halogens is 1. The van der Waals surface area contributed by atoms with Crippen LogP contribution in [0.3, 0.4) is 0 Å². The van der Waals surface area contributed by atoms with Gasteiger partial charge in [0, 0.05) is 22.7 Å². The van der Waals surface area contributed by atoms with Gasteiger partial charge in [0.15, 0.2) is 0 Å². The summed E-state index contributed by atoms with van der Waals surface area (Å²) in [6.07, 6.45) is 6.65. The lowest BCUT2D eigenvalue weighted by Crippen LogP contribution is -2.54. The second kappa shape index (κ2) is 7.30. The summed E-state index contributed by atoms with van der Waals surface area (Å²) >= 11 is 6.22. The first kappa shape index (κ1) is 19.4. The number of amides is 3. The fraction of sp³-hybridized carbons (Fsp3) is 0.500. The van der Waals surface area contributed by atoms with E-state index in [0.717, 1.165) is 36.4 Å². The third-order valence-corrected chi connectivity index (χ3v) is 7.32. The molecule has 2 heterocycles. The molecule has 7 nitrogen and oxygen atoms in total. The minimum absolute atomic E-state index is 0.113. The highest BCUT2D eigenvalue weighted by molar-refractivity contribution is 6.30. The molecule has 6 rings (SSSR count). The summed E-state index contributed by atoms with van der Waals surface area (Å²) in [4.78, 5) is 27.0. The number of nitrogens with one attached hydrogen (secondary N) is 1. The van der Waals surface area contributed by atoms with Crippen LogP contribution in [0, 0.1) is 5.92 Å². The molecule has 4 aliphatic rings. The van der Waals surface area contributed by atoms with Crippen LogP contribution in [0.5, 0.6) is 0 Å². The monoisotopic (exact) mass is 427 g/mol. The van der Waals surface area contributed by atoms with Gasteiger partial charge in [0.05, 0.1) is 24.3 Å². The summed E-state index contributed by atoms with van der Waals surface area (Å²) < 4.78 is 1.83. The third-order valence-electron chi connectivity index (χ3n) is 7.09. The van der Waals surface area contributed by atoms with Gasteiger partial charge in [-0.2, -0.15) is 5.10 Å². The molecule has 8 heteroatoms. The molecule has 3 saturated carbocycles. The highest BCUT2D eigenvalue weighted by Gasteiger charge is 2.42. The number of primary amides is 1. The molecular formula is C22H26ClN5O2. The topological polar surface area (TPSA) is 93.2 Å². The summed E-state index contributed by atoms with van der Waals surface area (Å²) in [6, 6.07) is 6.90. The molecule has 30 heavy (non-hydrogen) atoms. The van der Waals surface area contributed by atoms with Gasteiger partial charge in [-0.15, -0.1) is 0 Å². The summed E-state index contributed by atoms with van der Waals surface area (Å²) in [6.45, 7) is 1.26. The smallest absolute Gasteiger partial charge is 0.315 e. The van der Waals surface area contributed by atoms with E-state index in [-0.39, 0.29) is 18.0 Å². The minimum Gasteiger partial charge on any atom is -0.351 e. The summed E-state index contributed by atoms with van der Waals surface area (Å²) in [5, 5.41) is 8.72. The average molecular weight is 428 g/mol. The Morgan fingerprint density at radius 1 is 1.17 bits per heavy atom. The zero-order valence-corrected chi connectivity index (χ0v) is 17.6. The molecule has 0 radical (unpaired) electrons. The average Bonchev–Trinajstić information content (AvgIpc) is 3.13. The van der Waals surface area contributed by atoms with E-state index in [9.17, 15) is 9.59 Å². The number of aromatic nitrogens is 2. The highest BCUT2D eigenvalue weighted by Crippen LogP contribution is 2.44. The Balaban J connectivity index is 1.55. The van der Waals surface area contributed by atoms with Crippen molar-refractivity contribution < 1.29 is 9.59 Å². The second-order valence-corrected chi connectivity index (χ2v) is 9.32. The van der Waals surface area contributed by atoms with E-state index in [0.29, 0.717) is 29.4 Å². The highest BCUT2D eigenvalue weighted by atomic mass is 35.5. The predicted octanol–water partition coefficient (Wildman–Crippen LogP) is 3.55. The van der Waals surface area contributed by atoms with E-state index in [1.54, 1.807) is 11.0 Å². The summed E-state index contributed by atoms with van der Waals surface area (Å²) in [5.74, 6) is 0.705. The van der Waals surface area contributed by atoms with Crippen LogP contribution in [0.2, 0.25) is 5.02 Å². The lowest BCUT2D eigenvalue weighted by atomic mass is 9.66. The molecule has 3 N–H and O–H groups in total. The number of fused-ring (bicyclic) bond motifs is 4. The molecule has 3 fully saturated rings. The Bertz CT molecular complexity index is 995. The first-order valence-electron chi connectivity index (χ1n) is 10.7. The number of nitrogens with two attached hydrogens (primary N) is 1. The lowest BCUT2D eigenvalue weighted by molar-refractivity contribution is 0.0712. The van der Waals surface area contributed by atoms with Crippen LogP contribution >= 0.6 is 11.6 Å². The molecule has 158 valence electrons. The maximum atomic E-state index is 13.7. The van der Waals surface area contributed by atoms with Crippen molar-refractivity contribution in [3.63, 3.8) is 0 Å². The molecule has 0 unspecified atom stereocenters. The van der Waals surface area contributed by atoms with Crippen LogP contribution in [0.4, 0.5) is 4.79 Å². The maximum Gasteiger partial charge on any atom is 0.315 e. The number of rotatable bonds is 3. The number of carbonyl (C=O) groups excluding carboxylic acids is 2. The van der Waals surface area contributed by atoms with Gasteiger partial charge >= 0.3 is 6.03 Å². The number of nitrogens with zero attached hydrogens (tertiary/aromatic N) is 3. The molecule has 3 aliphatic carbocycles. The molecule has 2 bridgehead atoms. The lowest BCUT2D eigenvalue weighted by Gasteiger charge is -2.47. The van der Waals surface area contributed by atoms with Gasteiger partial charge in [0.2, 0.25) is 0 Å². The Hall–Kier alpha value is -2.54. The summed E-state index contributed by atoms with van der Waals surface area (Å²) in [7, 11) is 0. The van der Waals surface area contributed by atoms with Gasteiger partial charge in [-0.3, -0.25) is 9.48 Å². The first-order chi connectivity index (χ1) is 14.4. The SMILES string of the molecule is NC(=O)N1CCn2nc(-c3cccc(Cl)c3)c(C(=O)NC34CCC(CC3)CC4)c2C1. The number of benzene rings is 1. The van der Waals surface area contributed by atoms with Crippen molar-refractivity contribution in [3.8, 4) is 11.3 Å². The number of hydrogen-bond acceptors (Lipinski definition) is 3. The van der Waals surface area contributed by atoms with Gasteiger partial charge in [0.25, 0.3) is 5.91 Å². The molecule has 0 saturated heterocycles. The Morgan fingerprint density at radius 2 is 1.90 bits per heavy atom. The van der Waals surface area contributed by atoms with E-state index in [1.807, 2.05) is 22.9 Å². The Kier molecular flexibility index (Phi) is 4.73. The standard InChI is InChI=1S/C22H26ClN5O2/c23-16-3-1-2-15(12-16)19-18(17-13-27(21(24)30)10-11-28(17)26-19)20(29)25-22-7-4-14(5-8-22)6-9-22/h1-3,12,14H,4-11,13H2,(H2,24,30)(H,25,29). The quantitative estimate of drug-likeness (QED) is 0.784. The number of urea groups is 1. The first-order valence-corrected chi connectivity index (χ1v) is 11.0. The van der Waals surface area contributed by atoms with Crippen LogP contribution in [-0.2, 0) is 13.1 Å². The van der Waals surface area contributed by atoms with E-state index in [2.05, 4.69) is 5.32 Å². The zero-order valence-electron chi connectivity index (χ0n) is 16.9. The van der Waals surface area contributed by atoms with Crippen LogP contribution in [0.1, 0.15) is 54.6 Å². The number of carbonyl (C=O) groups is 2. The molecule has 3 amide bonds. The van der Waals surface area contributed by atoms with Crippen molar-refractivity contribution in [1.29, 1.82) is 0 Å². The molecule has 0 spiro atoms. The van der Waals surface area contributed by atoms with Crippen LogP contribution in [0.25, 0.3) is 11.3 Å². The normalized spacial score (nSPS) is 25.1. The Morgan fingerprint density at radius 3 is 2.57 bits per heavy atom. The molecule has 2 aromatic rings. The molecule has 1 aromatic carbocycles. The minimum atomic E-state index is -0.484. The summed E-state index contributed by atoms with van der Waals surface area (Å²) in [5.41, 5.74) is 8.07. The van der Waals surface area contributed by atoms with Gasteiger partial charge in [0.1, 0.15) is 5.69 Å². The van der Waals surface area contributed by atoms with E-state index < -0.39 is 6.03 Å². The van der Waals surface area contributed by atoms with Crippen LogP contribution in [-0.4, -0.2) is 38.7 Å². The van der Waals surface area contributed by atoms with Gasteiger partial charge < -0.3 is 16.0 Å². The fourth-order valence-electron chi connectivity index (χ4n) is 5.32. The van der Waals surface area contributed by atoms with E-state index >= 15 is 0 Å². The Labute approximate surface area is 180 Å². The largest absolute Gasteiger partial charge is 0.351 e. The van der Waals surface area contributed by atoms with Crippen molar-refractivity contribution in [1.82, 2.24) is 20.0 Å². The van der Waals surface area contributed by atoms with Crippen molar-refractivity contribution in [2.24, 2.45) is 11.7 Å². The van der Waals surface area contributed by atoms with Crippen LogP contribution in [0.15, 0.2) is 24.3 Å². The zero-order chi connectivity index (χ0) is 20.9. The van der Waals surface area contributed by atoms with E-state index in [1.165, 1.54) is 19.3 Å². The van der Waals surface area contributed by atoms with Crippen LogP contribution < -0.4 is 11.1 Å². The van der Waals surface area contributed by atoms with Crippen molar-refractivity contribution in [2.45, 2.75) is 57.2 Å².